The zero-order valence-electron chi connectivity index (χ0n) is 15.9. The standard InChI is InChI=1S/C22H25O3S2/c1-16-4-9-18(10-5-16)22-26-14-15-27(22)20(21(23)25-3)13-8-17-6-11-19(24-2)12-7-17/h4-13,20,22H,14-15H2,1-3H3/q+1. The van der Waals surface area contributed by atoms with E-state index >= 15 is 0 Å². The minimum atomic E-state index is -0.224. The Bertz CT molecular complexity index is 784. The summed E-state index contributed by atoms with van der Waals surface area (Å²) < 4.78 is 10.7. The fourth-order valence-corrected chi connectivity index (χ4v) is 8.25. The normalized spacial score (nSPS) is 20.6. The molecule has 0 saturated carbocycles. The number of thioether (sulfide) groups is 1. The molecular weight excluding hydrogens is 376 g/mol. The predicted octanol–water partition coefficient (Wildman–Crippen LogP) is 4.62. The Kier molecular flexibility index (Phi) is 6.91. The van der Waals surface area contributed by atoms with Gasteiger partial charge in [0.15, 0.2) is 4.58 Å². The van der Waals surface area contributed by atoms with Crippen LogP contribution in [-0.2, 0) is 20.4 Å². The number of methoxy groups -OCH3 is 2. The van der Waals surface area contributed by atoms with Crippen LogP contribution in [0.25, 0.3) is 6.08 Å². The summed E-state index contributed by atoms with van der Waals surface area (Å²) in [5.41, 5.74) is 3.61. The van der Waals surface area contributed by atoms with E-state index in [1.54, 1.807) is 7.11 Å². The fourth-order valence-electron chi connectivity index (χ4n) is 3.03. The smallest absolute Gasteiger partial charge is 0.363 e. The molecule has 3 rings (SSSR count). The van der Waals surface area contributed by atoms with Crippen molar-refractivity contribution in [3.8, 4) is 5.75 Å². The molecule has 5 heteroatoms. The van der Waals surface area contributed by atoms with Gasteiger partial charge in [0.2, 0.25) is 5.25 Å². The molecule has 3 atom stereocenters. The van der Waals surface area contributed by atoms with Crippen LogP contribution >= 0.6 is 11.8 Å². The topological polar surface area (TPSA) is 35.5 Å². The number of esters is 1. The van der Waals surface area contributed by atoms with Crippen molar-refractivity contribution in [3.63, 3.8) is 0 Å². The van der Waals surface area contributed by atoms with Crippen LogP contribution in [0.1, 0.15) is 21.3 Å². The monoisotopic (exact) mass is 401 g/mol. The highest BCUT2D eigenvalue weighted by atomic mass is 32.2. The molecule has 27 heavy (non-hydrogen) atoms. The highest BCUT2D eigenvalue weighted by molar-refractivity contribution is 8.18. The van der Waals surface area contributed by atoms with Crippen molar-refractivity contribution in [2.24, 2.45) is 0 Å². The van der Waals surface area contributed by atoms with Gasteiger partial charge in [0.25, 0.3) is 0 Å². The lowest BCUT2D eigenvalue weighted by molar-refractivity contribution is -0.139. The Morgan fingerprint density at radius 1 is 1.15 bits per heavy atom. The van der Waals surface area contributed by atoms with Gasteiger partial charge in [-0.3, -0.25) is 0 Å². The van der Waals surface area contributed by atoms with Crippen molar-refractivity contribution in [1.29, 1.82) is 0 Å². The molecule has 1 aliphatic rings. The number of hydrogen-bond donors (Lipinski definition) is 0. The zero-order chi connectivity index (χ0) is 19.2. The maximum absolute atomic E-state index is 12.6. The van der Waals surface area contributed by atoms with Crippen molar-refractivity contribution in [3.05, 3.63) is 71.3 Å². The second-order valence-corrected chi connectivity index (χ2v) is 10.2. The van der Waals surface area contributed by atoms with E-state index in [-0.39, 0.29) is 22.1 Å². The summed E-state index contributed by atoms with van der Waals surface area (Å²) in [7, 11) is 3.04. The third-order valence-electron chi connectivity index (χ3n) is 4.55. The number of carbonyl (C=O) groups is 1. The van der Waals surface area contributed by atoms with E-state index in [1.165, 1.54) is 18.2 Å². The molecule has 0 spiro atoms. The van der Waals surface area contributed by atoms with E-state index in [2.05, 4.69) is 31.2 Å². The maximum Gasteiger partial charge on any atom is 0.363 e. The van der Waals surface area contributed by atoms with Gasteiger partial charge in [-0.2, -0.15) is 0 Å². The van der Waals surface area contributed by atoms with E-state index in [0.717, 1.165) is 22.8 Å². The molecule has 0 amide bonds. The molecule has 0 aromatic heterocycles. The predicted molar refractivity (Wildman–Crippen MR) is 116 cm³/mol. The number of carbonyl (C=O) groups excluding carboxylic acids is 1. The van der Waals surface area contributed by atoms with Gasteiger partial charge in [0.05, 0.1) is 14.2 Å². The molecule has 1 aliphatic heterocycles. The first-order valence-electron chi connectivity index (χ1n) is 8.89. The first-order chi connectivity index (χ1) is 13.1. The summed E-state index contributed by atoms with van der Waals surface area (Å²) in [6.45, 7) is 2.10. The number of hydrogen-bond acceptors (Lipinski definition) is 4. The molecule has 0 bridgehead atoms. The Morgan fingerprint density at radius 3 is 2.48 bits per heavy atom. The number of aryl methyl sites for hydroxylation is 1. The quantitative estimate of drug-likeness (QED) is 0.523. The Morgan fingerprint density at radius 2 is 1.85 bits per heavy atom. The summed E-state index contributed by atoms with van der Waals surface area (Å²) in [4.78, 5) is 12.6. The largest absolute Gasteiger partial charge is 0.497 e. The summed E-state index contributed by atoms with van der Waals surface area (Å²) in [5, 5.41) is -0.224. The average Bonchev–Trinajstić information content (AvgIpc) is 3.18. The molecule has 1 fully saturated rings. The highest BCUT2D eigenvalue weighted by Crippen LogP contribution is 2.44. The minimum Gasteiger partial charge on any atom is -0.497 e. The lowest BCUT2D eigenvalue weighted by atomic mass is 10.2. The maximum atomic E-state index is 12.6. The van der Waals surface area contributed by atoms with Crippen LogP contribution in [0.2, 0.25) is 0 Å². The molecule has 2 aromatic rings. The van der Waals surface area contributed by atoms with E-state index in [1.807, 2.05) is 48.2 Å². The van der Waals surface area contributed by atoms with Crippen LogP contribution in [-0.4, -0.2) is 36.9 Å². The van der Waals surface area contributed by atoms with Gasteiger partial charge in [0.1, 0.15) is 11.5 Å². The summed E-state index contributed by atoms with van der Waals surface area (Å²) in [5.74, 6) is 2.79. The number of rotatable bonds is 6. The first kappa shape index (κ1) is 19.9. The Labute approximate surface area is 168 Å². The van der Waals surface area contributed by atoms with Crippen molar-refractivity contribution in [2.45, 2.75) is 16.8 Å². The van der Waals surface area contributed by atoms with Crippen molar-refractivity contribution in [2.75, 3.05) is 25.7 Å². The fraction of sp³-hybridized carbons (Fsp3) is 0.318. The molecule has 0 aliphatic carbocycles. The minimum absolute atomic E-state index is 0.0932. The van der Waals surface area contributed by atoms with Crippen LogP contribution in [0.4, 0.5) is 0 Å². The molecule has 3 unspecified atom stereocenters. The Hall–Kier alpha value is -1.85. The molecule has 0 N–H and O–H groups in total. The van der Waals surface area contributed by atoms with Crippen LogP contribution < -0.4 is 4.74 Å². The molecular formula is C22H25O3S2+. The van der Waals surface area contributed by atoms with Crippen LogP contribution in [0.3, 0.4) is 0 Å². The summed E-state index contributed by atoms with van der Waals surface area (Å²) >= 11 is 1.95. The van der Waals surface area contributed by atoms with Crippen molar-refractivity contribution in [1.82, 2.24) is 0 Å². The first-order valence-corrected chi connectivity index (χ1v) is 11.5. The average molecular weight is 402 g/mol. The van der Waals surface area contributed by atoms with E-state index < -0.39 is 0 Å². The Balaban J connectivity index is 1.83. The van der Waals surface area contributed by atoms with Gasteiger partial charge < -0.3 is 9.47 Å². The summed E-state index contributed by atoms with van der Waals surface area (Å²) in [6, 6.07) is 16.5. The third kappa shape index (κ3) is 4.90. The second kappa shape index (κ2) is 9.38. The molecule has 2 aromatic carbocycles. The lowest BCUT2D eigenvalue weighted by Gasteiger charge is -2.16. The third-order valence-corrected chi connectivity index (χ3v) is 9.47. The van der Waals surface area contributed by atoms with Crippen molar-refractivity contribution >= 4 is 34.7 Å². The van der Waals surface area contributed by atoms with Crippen LogP contribution in [0.5, 0.6) is 5.75 Å². The van der Waals surface area contributed by atoms with E-state index in [0.29, 0.717) is 4.58 Å². The van der Waals surface area contributed by atoms with Gasteiger partial charge >= 0.3 is 5.97 Å². The molecule has 1 saturated heterocycles. The lowest BCUT2D eigenvalue weighted by Crippen LogP contribution is -2.32. The second-order valence-electron chi connectivity index (χ2n) is 6.36. The summed E-state index contributed by atoms with van der Waals surface area (Å²) in [6.07, 6.45) is 4.03. The van der Waals surface area contributed by atoms with Crippen LogP contribution in [0, 0.1) is 6.92 Å². The SMILES string of the molecule is COC(=O)C(C=Cc1ccc(OC)cc1)[S+]1CCSC1c1ccc(C)cc1. The highest BCUT2D eigenvalue weighted by Gasteiger charge is 2.47. The molecule has 1 heterocycles. The number of ether oxygens (including phenoxy) is 2. The molecule has 3 nitrogen and oxygen atoms in total. The van der Waals surface area contributed by atoms with Gasteiger partial charge in [-0.25, -0.2) is 4.79 Å². The molecule has 0 radical (unpaired) electrons. The zero-order valence-corrected chi connectivity index (χ0v) is 17.5. The molecule has 142 valence electrons. The van der Waals surface area contributed by atoms with Gasteiger partial charge in [0, 0.05) is 22.2 Å². The number of benzene rings is 2. The van der Waals surface area contributed by atoms with E-state index in [9.17, 15) is 4.79 Å². The van der Waals surface area contributed by atoms with Gasteiger partial charge in [-0.15, -0.1) is 0 Å². The van der Waals surface area contributed by atoms with Crippen LogP contribution in [0.15, 0.2) is 54.6 Å². The van der Waals surface area contributed by atoms with Gasteiger partial charge in [-0.1, -0.05) is 59.8 Å². The van der Waals surface area contributed by atoms with Crippen molar-refractivity contribution < 1.29 is 14.3 Å². The van der Waals surface area contributed by atoms with Gasteiger partial charge in [-0.05, 0) is 30.7 Å². The van der Waals surface area contributed by atoms with E-state index in [4.69, 9.17) is 9.47 Å².